The van der Waals surface area contributed by atoms with Crippen molar-refractivity contribution in [2.75, 3.05) is 12.4 Å². The largest absolute Gasteiger partial charge is 0.496 e. The second kappa shape index (κ2) is 7.93. The molecule has 0 aliphatic carbocycles. The van der Waals surface area contributed by atoms with E-state index in [1.165, 1.54) is 24.3 Å². The fourth-order valence-corrected chi connectivity index (χ4v) is 2.81. The van der Waals surface area contributed by atoms with E-state index in [-0.39, 0.29) is 5.91 Å². The molecule has 0 spiro atoms. The van der Waals surface area contributed by atoms with Crippen LogP contribution in [0.5, 0.6) is 5.75 Å². The summed E-state index contributed by atoms with van der Waals surface area (Å²) in [6.45, 7) is 0. The second-order valence-corrected chi connectivity index (χ2v) is 6.17. The molecular formula is C22H16FN3O3. The fraction of sp³-hybridized carbons (Fsp3) is 0.0455. The van der Waals surface area contributed by atoms with Gasteiger partial charge in [-0.05, 0) is 54.6 Å². The number of methoxy groups -OCH3 is 1. The minimum Gasteiger partial charge on any atom is -0.496 e. The number of carbonyl (C=O) groups is 1. The number of para-hydroxylation sites is 1. The molecule has 0 aliphatic heterocycles. The average molecular weight is 389 g/mol. The van der Waals surface area contributed by atoms with Crippen LogP contribution in [0, 0.1) is 5.82 Å². The highest BCUT2D eigenvalue weighted by Gasteiger charge is 2.15. The van der Waals surface area contributed by atoms with Crippen LogP contribution in [0.4, 0.5) is 10.1 Å². The summed E-state index contributed by atoms with van der Waals surface area (Å²) < 4.78 is 23.8. The Balaban J connectivity index is 1.57. The monoisotopic (exact) mass is 389 g/mol. The predicted molar refractivity (Wildman–Crippen MR) is 106 cm³/mol. The Morgan fingerprint density at radius 2 is 1.83 bits per heavy atom. The Bertz CT molecular complexity index is 1160. The lowest BCUT2D eigenvalue weighted by atomic mass is 10.1. The van der Waals surface area contributed by atoms with Gasteiger partial charge in [-0.1, -0.05) is 23.4 Å². The molecule has 144 valence electrons. The van der Waals surface area contributed by atoms with Gasteiger partial charge in [0.15, 0.2) is 0 Å². The summed E-state index contributed by atoms with van der Waals surface area (Å²) in [5, 5.41) is 6.80. The fourth-order valence-electron chi connectivity index (χ4n) is 2.81. The van der Waals surface area contributed by atoms with Crippen LogP contribution < -0.4 is 10.1 Å². The highest BCUT2D eigenvalue weighted by molar-refractivity contribution is 6.04. The molecule has 0 radical (unpaired) electrons. The summed E-state index contributed by atoms with van der Waals surface area (Å²) in [7, 11) is 1.58. The first kappa shape index (κ1) is 18.4. The van der Waals surface area contributed by atoms with E-state index >= 15 is 0 Å². The zero-order chi connectivity index (χ0) is 20.2. The zero-order valence-corrected chi connectivity index (χ0v) is 15.4. The highest BCUT2D eigenvalue weighted by Crippen LogP contribution is 2.29. The molecule has 0 aliphatic rings. The quantitative estimate of drug-likeness (QED) is 0.530. The molecule has 4 rings (SSSR count). The average Bonchev–Trinajstić information content (AvgIpc) is 3.24. The minimum atomic E-state index is -0.397. The van der Waals surface area contributed by atoms with Crippen LogP contribution in [-0.4, -0.2) is 23.2 Å². The van der Waals surface area contributed by atoms with Crippen LogP contribution in [0.25, 0.3) is 22.8 Å². The van der Waals surface area contributed by atoms with Gasteiger partial charge in [0.2, 0.25) is 5.82 Å². The van der Waals surface area contributed by atoms with E-state index in [2.05, 4.69) is 15.5 Å². The number of aromatic nitrogens is 2. The first-order valence-electron chi connectivity index (χ1n) is 8.78. The van der Waals surface area contributed by atoms with E-state index < -0.39 is 5.82 Å². The smallest absolute Gasteiger partial charge is 0.258 e. The van der Waals surface area contributed by atoms with Gasteiger partial charge in [-0.25, -0.2) is 4.39 Å². The topological polar surface area (TPSA) is 77.3 Å². The third-order valence-electron chi connectivity index (χ3n) is 4.25. The first-order chi connectivity index (χ1) is 14.1. The Labute approximate surface area is 166 Å². The summed E-state index contributed by atoms with van der Waals surface area (Å²) in [5.74, 6) is 0.607. The summed E-state index contributed by atoms with van der Waals surface area (Å²) in [4.78, 5) is 16.8. The number of hydrogen-bond donors (Lipinski definition) is 1. The number of ether oxygens (including phenoxy) is 1. The Morgan fingerprint density at radius 1 is 1.03 bits per heavy atom. The summed E-state index contributed by atoms with van der Waals surface area (Å²) in [6.07, 6.45) is 0. The molecule has 1 N–H and O–H groups in total. The molecule has 29 heavy (non-hydrogen) atoms. The van der Waals surface area contributed by atoms with E-state index in [0.717, 1.165) is 0 Å². The molecule has 7 heteroatoms. The molecule has 6 nitrogen and oxygen atoms in total. The van der Waals surface area contributed by atoms with Crippen molar-refractivity contribution in [2.45, 2.75) is 0 Å². The normalized spacial score (nSPS) is 10.6. The van der Waals surface area contributed by atoms with Crippen LogP contribution in [-0.2, 0) is 0 Å². The number of halogens is 1. The number of hydrogen-bond acceptors (Lipinski definition) is 5. The maximum Gasteiger partial charge on any atom is 0.258 e. The molecule has 1 aromatic heterocycles. The third kappa shape index (κ3) is 3.98. The van der Waals surface area contributed by atoms with Gasteiger partial charge in [0.05, 0.1) is 12.7 Å². The number of benzene rings is 3. The second-order valence-electron chi connectivity index (χ2n) is 6.17. The molecular weight excluding hydrogens is 373 g/mol. The zero-order valence-electron chi connectivity index (χ0n) is 15.4. The van der Waals surface area contributed by atoms with Gasteiger partial charge in [-0.15, -0.1) is 0 Å². The lowest BCUT2D eigenvalue weighted by Gasteiger charge is -2.06. The maximum absolute atomic E-state index is 13.0. The number of amides is 1. The van der Waals surface area contributed by atoms with Crippen molar-refractivity contribution >= 4 is 11.6 Å². The van der Waals surface area contributed by atoms with Crippen molar-refractivity contribution in [3.8, 4) is 28.6 Å². The van der Waals surface area contributed by atoms with Gasteiger partial charge >= 0.3 is 0 Å². The summed E-state index contributed by atoms with van der Waals surface area (Å²) in [6, 6.07) is 19.7. The predicted octanol–water partition coefficient (Wildman–Crippen LogP) is 4.80. The Morgan fingerprint density at radius 3 is 2.62 bits per heavy atom. The number of nitrogens with one attached hydrogen (secondary N) is 1. The van der Waals surface area contributed by atoms with Crippen molar-refractivity contribution in [3.05, 3.63) is 84.2 Å². The van der Waals surface area contributed by atoms with Crippen molar-refractivity contribution in [3.63, 3.8) is 0 Å². The molecule has 0 saturated carbocycles. The van der Waals surface area contributed by atoms with E-state index in [1.54, 1.807) is 31.4 Å². The van der Waals surface area contributed by atoms with E-state index in [4.69, 9.17) is 9.26 Å². The Kier molecular flexibility index (Phi) is 5.03. The van der Waals surface area contributed by atoms with Gasteiger partial charge in [0.1, 0.15) is 11.6 Å². The lowest BCUT2D eigenvalue weighted by Crippen LogP contribution is -2.11. The number of carbonyl (C=O) groups excluding carboxylic acids is 1. The number of rotatable bonds is 5. The van der Waals surface area contributed by atoms with Crippen LogP contribution >= 0.6 is 0 Å². The van der Waals surface area contributed by atoms with Gasteiger partial charge in [0, 0.05) is 16.8 Å². The van der Waals surface area contributed by atoms with Crippen molar-refractivity contribution in [2.24, 2.45) is 0 Å². The van der Waals surface area contributed by atoms with Crippen LogP contribution in [0.15, 0.2) is 77.3 Å². The molecule has 0 saturated heterocycles. The van der Waals surface area contributed by atoms with Gasteiger partial charge in [-0.3, -0.25) is 4.79 Å². The van der Waals surface area contributed by atoms with Gasteiger partial charge in [-0.2, -0.15) is 4.98 Å². The molecule has 0 atom stereocenters. The maximum atomic E-state index is 13.0. The third-order valence-corrected chi connectivity index (χ3v) is 4.25. The van der Waals surface area contributed by atoms with Crippen molar-refractivity contribution in [1.82, 2.24) is 10.1 Å². The minimum absolute atomic E-state index is 0.309. The van der Waals surface area contributed by atoms with E-state index in [0.29, 0.717) is 39.8 Å². The van der Waals surface area contributed by atoms with Crippen molar-refractivity contribution < 1.29 is 18.4 Å². The highest BCUT2D eigenvalue weighted by atomic mass is 19.1. The van der Waals surface area contributed by atoms with E-state index in [9.17, 15) is 9.18 Å². The summed E-state index contributed by atoms with van der Waals surface area (Å²) >= 11 is 0. The molecule has 0 fully saturated rings. The standard InChI is InChI=1S/C22H16FN3O3/c1-28-19-8-3-2-7-18(19)20-25-22(29-26-20)15-5-4-6-17(13-15)24-21(27)14-9-11-16(23)12-10-14/h2-13H,1H3,(H,24,27). The SMILES string of the molecule is COc1ccccc1-c1noc(-c2cccc(NC(=O)c3ccc(F)cc3)c2)n1. The lowest BCUT2D eigenvalue weighted by molar-refractivity contribution is 0.102. The molecule has 0 unspecified atom stereocenters. The van der Waals surface area contributed by atoms with Gasteiger partial charge in [0.25, 0.3) is 11.8 Å². The van der Waals surface area contributed by atoms with Crippen LogP contribution in [0.2, 0.25) is 0 Å². The molecule has 4 aromatic rings. The summed E-state index contributed by atoms with van der Waals surface area (Å²) in [5.41, 5.74) is 2.27. The molecule has 1 heterocycles. The number of anilines is 1. The first-order valence-corrected chi connectivity index (χ1v) is 8.78. The van der Waals surface area contributed by atoms with Crippen LogP contribution in [0.3, 0.4) is 0 Å². The molecule has 3 aromatic carbocycles. The van der Waals surface area contributed by atoms with Crippen LogP contribution in [0.1, 0.15) is 10.4 Å². The molecule has 1 amide bonds. The Hall–Kier alpha value is -4.00. The van der Waals surface area contributed by atoms with Crippen molar-refractivity contribution in [1.29, 1.82) is 0 Å². The van der Waals surface area contributed by atoms with Gasteiger partial charge < -0.3 is 14.6 Å². The van der Waals surface area contributed by atoms with E-state index in [1.807, 2.05) is 24.3 Å². The molecule has 0 bridgehead atoms. The number of nitrogens with zero attached hydrogens (tertiary/aromatic N) is 2.